The maximum Gasteiger partial charge on any atom is 0.310 e. The first-order valence-electron chi connectivity index (χ1n) is 9.35. The number of carbonyl (C=O) groups is 1. The maximum absolute atomic E-state index is 11.6. The molecule has 0 aromatic heterocycles. The first-order chi connectivity index (χ1) is 11.7. The minimum absolute atomic E-state index is 0.149. The summed E-state index contributed by atoms with van der Waals surface area (Å²) >= 11 is 0. The number of rotatable bonds is 5. The van der Waals surface area contributed by atoms with Crippen LogP contribution in [0.25, 0.3) is 5.57 Å². The van der Waals surface area contributed by atoms with Crippen molar-refractivity contribution in [2.24, 2.45) is 0 Å². The standard InChI is InChI=1S/C21H29NO2/c1-3-24-21(23)15-17-7-9-18(10-8-17)16(2)19-11-13-22(14-12-19)20-5-4-6-20/h7-10,20H,3-6,11-15H2,1-2H3. The molecule has 3 heteroatoms. The van der Waals surface area contributed by atoms with Gasteiger partial charge in [-0.25, -0.2) is 0 Å². The first kappa shape index (κ1) is 17.2. The Morgan fingerprint density at radius 3 is 2.38 bits per heavy atom. The summed E-state index contributed by atoms with van der Waals surface area (Å²) in [5.41, 5.74) is 5.33. The highest BCUT2D eigenvalue weighted by atomic mass is 16.5. The fraction of sp³-hybridized carbons (Fsp3) is 0.571. The van der Waals surface area contributed by atoms with Crippen LogP contribution in [0.1, 0.15) is 57.1 Å². The Bertz CT molecular complexity index is 589. The van der Waals surface area contributed by atoms with Crippen molar-refractivity contribution in [2.45, 2.75) is 58.4 Å². The molecule has 2 aliphatic rings. The molecule has 1 aromatic rings. The van der Waals surface area contributed by atoms with Gasteiger partial charge in [0, 0.05) is 19.1 Å². The minimum Gasteiger partial charge on any atom is -0.466 e. The number of hydrogen-bond acceptors (Lipinski definition) is 3. The van der Waals surface area contributed by atoms with Crippen LogP contribution in [0.2, 0.25) is 0 Å². The van der Waals surface area contributed by atoms with Crippen LogP contribution < -0.4 is 0 Å². The number of ether oxygens (including phenoxy) is 1. The van der Waals surface area contributed by atoms with E-state index >= 15 is 0 Å². The summed E-state index contributed by atoms with van der Waals surface area (Å²) in [6, 6.07) is 9.28. The Kier molecular flexibility index (Phi) is 5.72. The predicted octanol–water partition coefficient (Wildman–Crippen LogP) is 4.21. The third-order valence-electron chi connectivity index (χ3n) is 5.56. The Morgan fingerprint density at radius 1 is 1.17 bits per heavy atom. The number of allylic oxidation sites excluding steroid dienone is 1. The SMILES string of the molecule is CCOC(=O)Cc1ccc(C(C)=C2CCN(C3CCC3)CC2)cc1. The zero-order valence-electron chi connectivity index (χ0n) is 15.0. The lowest BCUT2D eigenvalue weighted by atomic mass is 9.88. The van der Waals surface area contributed by atoms with E-state index < -0.39 is 0 Å². The molecule has 0 atom stereocenters. The number of nitrogens with zero attached hydrogens (tertiary/aromatic N) is 1. The highest BCUT2D eigenvalue weighted by molar-refractivity contribution is 5.73. The zero-order valence-corrected chi connectivity index (χ0v) is 15.0. The molecule has 1 heterocycles. The molecule has 3 rings (SSSR count). The molecule has 2 fully saturated rings. The second kappa shape index (κ2) is 7.98. The highest BCUT2D eigenvalue weighted by Gasteiger charge is 2.27. The fourth-order valence-corrected chi connectivity index (χ4v) is 3.74. The Hall–Kier alpha value is -1.61. The van der Waals surface area contributed by atoms with Gasteiger partial charge in [-0.1, -0.05) is 36.3 Å². The van der Waals surface area contributed by atoms with Crippen LogP contribution in [0.4, 0.5) is 0 Å². The van der Waals surface area contributed by atoms with E-state index in [1.165, 1.54) is 56.3 Å². The van der Waals surface area contributed by atoms with E-state index in [1.54, 1.807) is 5.57 Å². The van der Waals surface area contributed by atoms with E-state index in [2.05, 4.69) is 36.1 Å². The van der Waals surface area contributed by atoms with Crippen LogP contribution in [0.3, 0.4) is 0 Å². The van der Waals surface area contributed by atoms with Crippen molar-refractivity contribution in [3.8, 4) is 0 Å². The van der Waals surface area contributed by atoms with E-state index in [4.69, 9.17) is 4.74 Å². The number of hydrogen-bond donors (Lipinski definition) is 0. The van der Waals surface area contributed by atoms with E-state index in [0.717, 1.165) is 11.6 Å². The Labute approximate surface area is 145 Å². The monoisotopic (exact) mass is 327 g/mol. The van der Waals surface area contributed by atoms with Crippen molar-refractivity contribution in [1.29, 1.82) is 0 Å². The number of esters is 1. The summed E-state index contributed by atoms with van der Waals surface area (Å²) < 4.78 is 5.01. The molecule has 3 nitrogen and oxygen atoms in total. The fourth-order valence-electron chi connectivity index (χ4n) is 3.74. The molecule has 24 heavy (non-hydrogen) atoms. The van der Waals surface area contributed by atoms with Gasteiger partial charge in [-0.15, -0.1) is 0 Å². The summed E-state index contributed by atoms with van der Waals surface area (Å²) in [6.45, 7) is 6.97. The Morgan fingerprint density at radius 2 is 1.83 bits per heavy atom. The van der Waals surface area contributed by atoms with Gasteiger partial charge < -0.3 is 4.74 Å². The largest absolute Gasteiger partial charge is 0.466 e. The van der Waals surface area contributed by atoms with E-state index in [0.29, 0.717) is 13.0 Å². The normalized spacial score (nSPS) is 19.0. The molecule has 130 valence electrons. The molecular weight excluding hydrogens is 298 g/mol. The molecule has 0 spiro atoms. The van der Waals surface area contributed by atoms with Crippen LogP contribution in [0, 0.1) is 0 Å². The molecule has 0 bridgehead atoms. The van der Waals surface area contributed by atoms with Gasteiger partial charge in [-0.05, 0) is 56.2 Å². The molecule has 0 unspecified atom stereocenters. The summed E-state index contributed by atoms with van der Waals surface area (Å²) in [7, 11) is 0. The summed E-state index contributed by atoms with van der Waals surface area (Å²) in [5.74, 6) is -0.149. The van der Waals surface area contributed by atoms with Crippen LogP contribution in [0.15, 0.2) is 29.8 Å². The van der Waals surface area contributed by atoms with Crippen molar-refractivity contribution in [1.82, 2.24) is 4.90 Å². The molecule has 1 aliphatic carbocycles. The second-order valence-electron chi connectivity index (χ2n) is 7.03. The lowest BCUT2D eigenvalue weighted by Gasteiger charge is -2.40. The molecule has 0 amide bonds. The van der Waals surface area contributed by atoms with Gasteiger partial charge in [0.05, 0.1) is 13.0 Å². The predicted molar refractivity (Wildman–Crippen MR) is 97.8 cm³/mol. The Balaban J connectivity index is 1.60. The number of piperidine rings is 1. The van der Waals surface area contributed by atoms with Crippen LogP contribution in [0.5, 0.6) is 0 Å². The number of likely N-dealkylation sites (tertiary alicyclic amines) is 1. The van der Waals surface area contributed by atoms with E-state index in [1.807, 2.05) is 6.92 Å². The van der Waals surface area contributed by atoms with Crippen molar-refractivity contribution < 1.29 is 9.53 Å². The lowest BCUT2D eigenvalue weighted by molar-refractivity contribution is -0.142. The van der Waals surface area contributed by atoms with Gasteiger partial charge in [0.25, 0.3) is 0 Å². The van der Waals surface area contributed by atoms with E-state index in [-0.39, 0.29) is 5.97 Å². The zero-order chi connectivity index (χ0) is 16.9. The number of carbonyl (C=O) groups excluding carboxylic acids is 1. The van der Waals surface area contributed by atoms with Gasteiger partial charge in [-0.2, -0.15) is 0 Å². The molecule has 1 saturated carbocycles. The summed E-state index contributed by atoms with van der Waals surface area (Å²) in [5, 5.41) is 0. The quantitative estimate of drug-likeness (QED) is 0.759. The van der Waals surface area contributed by atoms with Crippen LogP contribution in [-0.4, -0.2) is 36.6 Å². The first-order valence-corrected chi connectivity index (χ1v) is 9.35. The minimum atomic E-state index is -0.149. The highest BCUT2D eigenvalue weighted by Crippen LogP contribution is 2.31. The van der Waals surface area contributed by atoms with Gasteiger partial charge in [-0.3, -0.25) is 9.69 Å². The topological polar surface area (TPSA) is 29.5 Å². The molecule has 1 aromatic carbocycles. The van der Waals surface area contributed by atoms with Crippen molar-refractivity contribution >= 4 is 11.5 Å². The third-order valence-corrected chi connectivity index (χ3v) is 5.56. The molecule has 0 N–H and O–H groups in total. The van der Waals surface area contributed by atoms with Crippen molar-refractivity contribution in [3.63, 3.8) is 0 Å². The third kappa shape index (κ3) is 4.07. The average Bonchev–Trinajstić information content (AvgIpc) is 2.54. The molecular formula is C21H29NO2. The molecule has 1 saturated heterocycles. The smallest absolute Gasteiger partial charge is 0.310 e. The average molecular weight is 327 g/mol. The summed E-state index contributed by atoms with van der Waals surface area (Å²) in [4.78, 5) is 14.2. The van der Waals surface area contributed by atoms with Gasteiger partial charge in [0.15, 0.2) is 0 Å². The van der Waals surface area contributed by atoms with Crippen LogP contribution >= 0.6 is 0 Å². The van der Waals surface area contributed by atoms with Crippen molar-refractivity contribution in [2.75, 3.05) is 19.7 Å². The van der Waals surface area contributed by atoms with Gasteiger partial charge in [0.2, 0.25) is 0 Å². The van der Waals surface area contributed by atoms with Crippen molar-refractivity contribution in [3.05, 3.63) is 41.0 Å². The lowest BCUT2D eigenvalue weighted by Crippen LogP contribution is -2.43. The van der Waals surface area contributed by atoms with Gasteiger partial charge in [0.1, 0.15) is 0 Å². The number of benzene rings is 1. The summed E-state index contributed by atoms with van der Waals surface area (Å²) in [6.07, 6.45) is 6.99. The van der Waals surface area contributed by atoms with Crippen LogP contribution in [-0.2, 0) is 16.0 Å². The second-order valence-corrected chi connectivity index (χ2v) is 7.03. The molecule has 0 radical (unpaired) electrons. The van der Waals surface area contributed by atoms with Gasteiger partial charge >= 0.3 is 5.97 Å². The maximum atomic E-state index is 11.6. The molecule has 1 aliphatic heterocycles. The van der Waals surface area contributed by atoms with E-state index in [9.17, 15) is 4.79 Å².